The molecule has 2 aromatic carbocycles. The third-order valence-corrected chi connectivity index (χ3v) is 4.46. The van der Waals surface area contributed by atoms with Crippen molar-refractivity contribution in [1.29, 1.82) is 0 Å². The number of rotatable bonds is 3. The van der Waals surface area contributed by atoms with Crippen LogP contribution in [0.1, 0.15) is 18.5 Å². The van der Waals surface area contributed by atoms with E-state index in [-0.39, 0.29) is 11.9 Å². The van der Waals surface area contributed by atoms with Crippen molar-refractivity contribution in [3.8, 4) is 0 Å². The summed E-state index contributed by atoms with van der Waals surface area (Å²) in [6.45, 7) is 1.82. The average molecular weight is 316 g/mol. The smallest absolute Gasteiger partial charge is 0.137 e. The number of hydrogen-bond donors (Lipinski definition) is 1. The molecule has 0 aliphatic heterocycles. The quantitative estimate of drug-likeness (QED) is 0.831. The molecule has 2 rings (SSSR count). The number of benzene rings is 2. The van der Waals surface area contributed by atoms with Crippen LogP contribution < -0.4 is 5.73 Å². The van der Waals surface area contributed by atoms with E-state index in [2.05, 4.69) is 0 Å². The van der Waals surface area contributed by atoms with Gasteiger partial charge in [-0.05, 0) is 36.8 Å². The van der Waals surface area contributed by atoms with Crippen molar-refractivity contribution in [2.45, 2.75) is 22.8 Å². The zero-order valence-corrected chi connectivity index (χ0v) is 12.5. The molecule has 0 spiro atoms. The molecule has 0 saturated carbocycles. The summed E-state index contributed by atoms with van der Waals surface area (Å²) in [4.78, 5) is 1.20. The van der Waals surface area contributed by atoms with Crippen LogP contribution in [0, 0.1) is 5.82 Å². The van der Waals surface area contributed by atoms with E-state index in [1.165, 1.54) is 17.8 Å². The minimum absolute atomic E-state index is 0.254. The van der Waals surface area contributed by atoms with E-state index < -0.39 is 0 Å². The molecule has 0 radical (unpaired) electrons. The zero-order valence-electron chi connectivity index (χ0n) is 10.2. The van der Waals surface area contributed by atoms with Gasteiger partial charge in [0.25, 0.3) is 0 Å². The Labute approximate surface area is 125 Å². The van der Waals surface area contributed by atoms with E-state index in [1.807, 2.05) is 13.0 Å². The fourth-order valence-corrected chi connectivity index (χ4v) is 3.24. The molecule has 0 aromatic heterocycles. The third-order valence-electron chi connectivity index (χ3n) is 2.59. The summed E-state index contributed by atoms with van der Waals surface area (Å²) in [6, 6.07) is 9.72. The largest absolute Gasteiger partial charge is 0.324 e. The fraction of sp³-hybridized carbons (Fsp3) is 0.143. The van der Waals surface area contributed by atoms with Crippen molar-refractivity contribution >= 4 is 35.0 Å². The average Bonchev–Trinajstić information content (AvgIpc) is 2.35. The molecule has 0 heterocycles. The molecule has 2 N–H and O–H groups in total. The predicted molar refractivity (Wildman–Crippen MR) is 79.6 cm³/mol. The Bertz CT molecular complexity index is 602. The normalized spacial score (nSPS) is 12.5. The highest BCUT2D eigenvalue weighted by Gasteiger charge is 2.14. The van der Waals surface area contributed by atoms with Crippen LogP contribution >= 0.6 is 35.0 Å². The second-order valence-corrected chi connectivity index (χ2v) is 6.02. The van der Waals surface area contributed by atoms with Crippen LogP contribution in [-0.2, 0) is 0 Å². The van der Waals surface area contributed by atoms with Crippen molar-refractivity contribution in [1.82, 2.24) is 0 Å². The minimum atomic E-state index is -0.309. The van der Waals surface area contributed by atoms with Crippen LogP contribution in [0.15, 0.2) is 46.2 Å². The zero-order chi connectivity index (χ0) is 14.0. The Morgan fingerprint density at radius 1 is 1.21 bits per heavy atom. The summed E-state index contributed by atoms with van der Waals surface area (Å²) in [5.41, 5.74) is 6.62. The standard InChI is InChI=1S/C14H12Cl2FNS/c1-8(18)10-3-2-4-12(17)14(10)19-13-7-9(15)5-6-11(13)16/h2-8H,18H2,1H3/t8-/m1/s1. The Kier molecular flexibility index (Phi) is 4.74. The molecule has 0 amide bonds. The molecule has 0 aliphatic carbocycles. The maximum absolute atomic E-state index is 14.0. The first kappa shape index (κ1) is 14.7. The summed E-state index contributed by atoms with van der Waals surface area (Å²) < 4.78 is 14.0. The first-order valence-corrected chi connectivity index (χ1v) is 7.23. The second-order valence-electron chi connectivity index (χ2n) is 4.12. The van der Waals surface area contributed by atoms with Gasteiger partial charge in [0.1, 0.15) is 5.82 Å². The Morgan fingerprint density at radius 2 is 1.95 bits per heavy atom. The van der Waals surface area contributed by atoms with Crippen LogP contribution in [-0.4, -0.2) is 0 Å². The predicted octanol–water partition coefficient (Wildman–Crippen LogP) is 5.30. The lowest BCUT2D eigenvalue weighted by atomic mass is 10.1. The SMILES string of the molecule is C[C@@H](N)c1cccc(F)c1Sc1cc(Cl)ccc1Cl. The Hall–Kier alpha value is -0.740. The monoisotopic (exact) mass is 315 g/mol. The molecule has 1 nitrogen and oxygen atoms in total. The molecule has 0 bridgehead atoms. The summed E-state index contributed by atoms with van der Waals surface area (Å²) in [5.74, 6) is -0.309. The fourth-order valence-electron chi connectivity index (χ4n) is 1.66. The van der Waals surface area contributed by atoms with Crippen LogP contribution in [0.25, 0.3) is 0 Å². The number of nitrogens with two attached hydrogens (primary N) is 1. The lowest BCUT2D eigenvalue weighted by Gasteiger charge is -2.13. The van der Waals surface area contributed by atoms with Gasteiger partial charge in [-0.1, -0.05) is 47.1 Å². The second kappa shape index (κ2) is 6.14. The van der Waals surface area contributed by atoms with Gasteiger partial charge < -0.3 is 5.73 Å². The number of hydrogen-bond acceptors (Lipinski definition) is 2. The minimum Gasteiger partial charge on any atom is -0.324 e. The van der Waals surface area contributed by atoms with E-state index >= 15 is 0 Å². The summed E-state index contributed by atoms with van der Waals surface area (Å²) in [6.07, 6.45) is 0. The van der Waals surface area contributed by atoms with Crippen molar-refractivity contribution in [3.63, 3.8) is 0 Å². The first-order valence-electron chi connectivity index (χ1n) is 5.66. The van der Waals surface area contributed by atoms with Gasteiger partial charge in [0.2, 0.25) is 0 Å². The molecule has 100 valence electrons. The molecule has 0 unspecified atom stereocenters. The summed E-state index contributed by atoms with van der Waals surface area (Å²) in [7, 11) is 0. The highest BCUT2D eigenvalue weighted by Crippen LogP contribution is 2.39. The maximum Gasteiger partial charge on any atom is 0.137 e. The first-order chi connectivity index (χ1) is 8.99. The highest BCUT2D eigenvalue weighted by molar-refractivity contribution is 7.99. The van der Waals surface area contributed by atoms with E-state index in [9.17, 15) is 4.39 Å². The van der Waals surface area contributed by atoms with E-state index in [4.69, 9.17) is 28.9 Å². The maximum atomic E-state index is 14.0. The number of halogens is 3. The summed E-state index contributed by atoms with van der Waals surface area (Å²) in [5, 5.41) is 1.10. The molecule has 0 aliphatic rings. The van der Waals surface area contributed by atoms with Gasteiger partial charge in [-0.25, -0.2) is 4.39 Å². The van der Waals surface area contributed by atoms with Gasteiger partial charge in [-0.15, -0.1) is 0 Å². The highest BCUT2D eigenvalue weighted by atomic mass is 35.5. The molecular formula is C14H12Cl2FNS. The van der Waals surface area contributed by atoms with Crippen LogP contribution in [0.4, 0.5) is 4.39 Å². The van der Waals surface area contributed by atoms with Crippen molar-refractivity contribution in [3.05, 3.63) is 57.8 Å². The van der Waals surface area contributed by atoms with Crippen molar-refractivity contribution in [2.75, 3.05) is 0 Å². The molecular weight excluding hydrogens is 304 g/mol. The van der Waals surface area contributed by atoms with Gasteiger partial charge in [0, 0.05) is 16.0 Å². The molecule has 19 heavy (non-hydrogen) atoms. The topological polar surface area (TPSA) is 26.0 Å². The summed E-state index contributed by atoms with van der Waals surface area (Å²) >= 11 is 13.3. The van der Waals surface area contributed by atoms with E-state index in [0.29, 0.717) is 19.8 Å². The lowest BCUT2D eigenvalue weighted by molar-refractivity contribution is 0.591. The van der Waals surface area contributed by atoms with Crippen LogP contribution in [0.5, 0.6) is 0 Å². The van der Waals surface area contributed by atoms with Gasteiger partial charge in [-0.2, -0.15) is 0 Å². The Balaban J connectivity index is 2.46. The molecule has 2 aromatic rings. The third kappa shape index (κ3) is 3.42. The van der Waals surface area contributed by atoms with Crippen molar-refractivity contribution in [2.24, 2.45) is 5.73 Å². The van der Waals surface area contributed by atoms with Crippen LogP contribution in [0.3, 0.4) is 0 Å². The van der Waals surface area contributed by atoms with Gasteiger partial charge in [0.15, 0.2) is 0 Å². The molecule has 1 atom stereocenters. The molecule has 5 heteroatoms. The Morgan fingerprint density at radius 3 is 2.63 bits per heavy atom. The van der Waals surface area contributed by atoms with Gasteiger partial charge in [0.05, 0.1) is 9.92 Å². The lowest BCUT2D eigenvalue weighted by Crippen LogP contribution is -2.07. The van der Waals surface area contributed by atoms with Gasteiger partial charge >= 0.3 is 0 Å². The van der Waals surface area contributed by atoms with Crippen molar-refractivity contribution < 1.29 is 4.39 Å². The van der Waals surface area contributed by atoms with Gasteiger partial charge in [-0.3, -0.25) is 0 Å². The van der Waals surface area contributed by atoms with E-state index in [1.54, 1.807) is 24.3 Å². The molecule has 0 fully saturated rings. The molecule has 0 saturated heterocycles. The van der Waals surface area contributed by atoms with Crippen LogP contribution in [0.2, 0.25) is 10.0 Å². The van der Waals surface area contributed by atoms with E-state index in [0.717, 1.165) is 5.56 Å².